The maximum Gasteiger partial charge on any atom is 0.410 e. The molecule has 2 aromatic rings. The van der Waals surface area contributed by atoms with E-state index in [1.165, 1.54) is 6.07 Å². The van der Waals surface area contributed by atoms with Crippen LogP contribution in [0.2, 0.25) is 0 Å². The average molecular weight is 624 g/mol. The number of nitrogens with zero attached hydrogens (tertiary/aromatic N) is 4. The van der Waals surface area contributed by atoms with E-state index in [2.05, 4.69) is 15.3 Å². The van der Waals surface area contributed by atoms with Crippen molar-refractivity contribution in [2.45, 2.75) is 96.9 Å². The first-order chi connectivity index (χ1) is 21.4. The van der Waals surface area contributed by atoms with Crippen molar-refractivity contribution in [3.05, 3.63) is 42.1 Å². The first-order valence-corrected chi connectivity index (χ1v) is 15.8. The van der Waals surface area contributed by atoms with Gasteiger partial charge in [0.2, 0.25) is 11.8 Å². The van der Waals surface area contributed by atoms with Crippen molar-refractivity contribution < 1.29 is 33.4 Å². The monoisotopic (exact) mass is 623 g/mol. The molecule has 2 fully saturated rings. The van der Waals surface area contributed by atoms with Gasteiger partial charge in [0.25, 0.3) is 5.91 Å². The number of ether oxygens (including phenoxy) is 3. The van der Waals surface area contributed by atoms with Gasteiger partial charge in [-0.1, -0.05) is 30.3 Å². The van der Waals surface area contributed by atoms with Gasteiger partial charge < -0.3 is 29.3 Å². The molecule has 2 unspecified atom stereocenters. The molecule has 1 aliphatic heterocycles. The van der Waals surface area contributed by atoms with Gasteiger partial charge in [-0.3, -0.25) is 14.4 Å². The van der Waals surface area contributed by atoms with Crippen molar-refractivity contribution in [2.24, 2.45) is 0 Å². The highest BCUT2D eigenvalue weighted by Gasteiger charge is 2.35. The second-order valence-electron chi connectivity index (χ2n) is 12.5. The van der Waals surface area contributed by atoms with Gasteiger partial charge in [-0.25, -0.2) is 9.78 Å². The molecule has 12 heteroatoms. The second kappa shape index (κ2) is 15.2. The van der Waals surface area contributed by atoms with Crippen LogP contribution < -0.4 is 10.1 Å². The van der Waals surface area contributed by atoms with Gasteiger partial charge in [0.15, 0.2) is 5.82 Å². The highest BCUT2D eigenvalue weighted by atomic mass is 16.6. The third-order valence-electron chi connectivity index (χ3n) is 7.66. The first kappa shape index (κ1) is 33.7. The number of hydrogen-bond donors (Lipinski definition) is 1. The van der Waals surface area contributed by atoms with E-state index in [1.54, 1.807) is 37.5 Å². The zero-order chi connectivity index (χ0) is 32.6. The molecule has 0 radical (unpaired) electrons. The Bertz CT molecular complexity index is 1340. The van der Waals surface area contributed by atoms with Crippen molar-refractivity contribution in [1.29, 1.82) is 0 Å². The van der Waals surface area contributed by atoms with Crippen molar-refractivity contribution in [2.75, 3.05) is 26.2 Å². The Hall–Kier alpha value is -4.22. The van der Waals surface area contributed by atoms with E-state index in [0.29, 0.717) is 11.7 Å². The quantitative estimate of drug-likeness (QED) is 0.382. The van der Waals surface area contributed by atoms with Crippen LogP contribution in [0, 0.1) is 0 Å². The fourth-order valence-electron chi connectivity index (χ4n) is 5.50. The van der Waals surface area contributed by atoms with Crippen LogP contribution in [0.5, 0.6) is 5.88 Å². The summed E-state index contributed by atoms with van der Waals surface area (Å²) >= 11 is 0. The van der Waals surface area contributed by atoms with Crippen LogP contribution in [0.15, 0.2) is 36.4 Å². The molecule has 1 aromatic heterocycles. The van der Waals surface area contributed by atoms with Crippen LogP contribution in [0.25, 0.3) is 11.4 Å². The Morgan fingerprint density at radius 3 is 2.40 bits per heavy atom. The number of nitrogens with one attached hydrogen (secondary N) is 1. The Kier molecular flexibility index (Phi) is 11.4. The van der Waals surface area contributed by atoms with E-state index < -0.39 is 29.6 Å². The van der Waals surface area contributed by atoms with Crippen LogP contribution in [0.3, 0.4) is 0 Å². The van der Waals surface area contributed by atoms with E-state index in [-0.39, 0.29) is 62.8 Å². The topological polar surface area (TPSA) is 140 Å². The summed E-state index contributed by atoms with van der Waals surface area (Å²) in [5.74, 6) is -0.803. The molecule has 1 saturated carbocycles. The fourth-order valence-corrected chi connectivity index (χ4v) is 5.50. The number of esters is 1. The molecule has 244 valence electrons. The maximum atomic E-state index is 13.9. The summed E-state index contributed by atoms with van der Waals surface area (Å²) < 4.78 is 16.8. The van der Waals surface area contributed by atoms with Crippen LogP contribution in [-0.4, -0.2) is 93.7 Å². The zero-order valence-electron chi connectivity index (χ0n) is 26.9. The van der Waals surface area contributed by atoms with Gasteiger partial charge in [0, 0.05) is 43.7 Å². The van der Waals surface area contributed by atoms with Gasteiger partial charge in [0.1, 0.15) is 23.4 Å². The molecule has 1 aromatic carbocycles. The zero-order valence-corrected chi connectivity index (χ0v) is 26.9. The predicted molar refractivity (Wildman–Crippen MR) is 166 cm³/mol. The van der Waals surface area contributed by atoms with Crippen LogP contribution in [-0.2, 0) is 19.1 Å². The molecule has 0 spiro atoms. The lowest BCUT2D eigenvalue weighted by Crippen LogP contribution is -2.59. The summed E-state index contributed by atoms with van der Waals surface area (Å²) in [6.07, 6.45) is 3.49. The van der Waals surface area contributed by atoms with Crippen LogP contribution >= 0.6 is 0 Å². The van der Waals surface area contributed by atoms with Crippen molar-refractivity contribution in [3.63, 3.8) is 0 Å². The summed E-state index contributed by atoms with van der Waals surface area (Å²) in [6, 6.07) is 9.45. The van der Waals surface area contributed by atoms with Crippen molar-refractivity contribution in [3.8, 4) is 17.3 Å². The smallest absolute Gasteiger partial charge is 0.410 e. The highest BCUT2D eigenvalue weighted by molar-refractivity contribution is 5.97. The van der Waals surface area contributed by atoms with Gasteiger partial charge in [-0.15, -0.1) is 0 Å². The van der Waals surface area contributed by atoms with Gasteiger partial charge in [-0.05, 0) is 66.7 Å². The lowest BCUT2D eigenvalue weighted by atomic mass is 10.1. The third-order valence-corrected chi connectivity index (χ3v) is 7.66. The van der Waals surface area contributed by atoms with Gasteiger partial charge in [0.05, 0.1) is 6.61 Å². The van der Waals surface area contributed by atoms with E-state index in [0.717, 1.165) is 31.2 Å². The molecule has 1 N–H and O–H groups in total. The number of hydrogen-bond acceptors (Lipinski definition) is 9. The van der Waals surface area contributed by atoms with Crippen LogP contribution in [0.4, 0.5) is 4.79 Å². The molecule has 1 aliphatic carbocycles. The molecule has 2 aliphatic rings. The summed E-state index contributed by atoms with van der Waals surface area (Å²) in [7, 11) is 0. The Balaban J connectivity index is 1.56. The molecule has 2 heterocycles. The normalized spacial score (nSPS) is 17.8. The number of rotatable bonds is 10. The largest absolute Gasteiger partial charge is 0.474 e. The Morgan fingerprint density at radius 2 is 1.76 bits per heavy atom. The predicted octanol–water partition coefficient (Wildman–Crippen LogP) is 4.37. The van der Waals surface area contributed by atoms with Gasteiger partial charge >= 0.3 is 12.1 Å². The standard InChI is InChI=1S/C33H45N5O7/c1-6-43-32(42)38-19-18-37(21-22(38)2)31(41)25(16-17-28(39)45-33(3,4)5)35-30(40)26-20-27(44-24-14-10-11-15-24)36-29(34-26)23-12-8-7-9-13-23/h7-9,12-13,20,22,24-25H,6,10-11,14-19,21H2,1-5H3,(H,35,40). The molecule has 2 atom stereocenters. The molecule has 45 heavy (non-hydrogen) atoms. The summed E-state index contributed by atoms with van der Waals surface area (Å²) in [4.78, 5) is 64.9. The lowest BCUT2D eigenvalue weighted by molar-refractivity contribution is -0.155. The SMILES string of the molecule is CCOC(=O)N1CCN(C(=O)C(CCC(=O)OC(C)(C)C)NC(=O)c2cc(OC3CCCC3)nc(-c3ccccc3)n2)CC1C. The van der Waals surface area contributed by atoms with Gasteiger partial charge in [-0.2, -0.15) is 4.98 Å². The fraction of sp³-hybridized carbons (Fsp3) is 0.576. The minimum Gasteiger partial charge on any atom is -0.474 e. The maximum absolute atomic E-state index is 13.9. The van der Waals surface area contributed by atoms with Crippen LogP contribution in [0.1, 0.15) is 83.6 Å². The van der Waals surface area contributed by atoms with Crippen molar-refractivity contribution >= 4 is 23.9 Å². The van der Waals surface area contributed by atoms with E-state index >= 15 is 0 Å². The lowest BCUT2D eigenvalue weighted by Gasteiger charge is -2.40. The number of carbonyl (C=O) groups excluding carboxylic acids is 4. The van der Waals surface area contributed by atoms with E-state index in [1.807, 2.05) is 37.3 Å². The molecule has 0 bridgehead atoms. The minimum atomic E-state index is -1.04. The number of piperazine rings is 1. The Labute approximate surface area is 264 Å². The Morgan fingerprint density at radius 1 is 1.04 bits per heavy atom. The number of benzene rings is 1. The molecular formula is C33H45N5O7. The van der Waals surface area contributed by atoms with E-state index in [4.69, 9.17) is 14.2 Å². The number of amides is 3. The molecular weight excluding hydrogens is 578 g/mol. The highest BCUT2D eigenvalue weighted by Crippen LogP contribution is 2.26. The molecule has 3 amide bonds. The second-order valence-corrected chi connectivity index (χ2v) is 12.5. The number of aromatic nitrogens is 2. The molecule has 12 nitrogen and oxygen atoms in total. The molecule has 1 saturated heterocycles. The summed E-state index contributed by atoms with van der Waals surface area (Å²) in [5, 5.41) is 2.83. The first-order valence-electron chi connectivity index (χ1n) is 15.8. The number of carbonyl (C=O) groups is 4. The summed E-state index contributed by atoms with van der Waals surface area (Å²) in [5.41, 5.74) is 0.0743. The minimum absolute atomic E-state index is 0.0119. The summed E-state index contributed by atoms with van der Waals surface area (Å²) in [6.45, 7) is 9.93. The van der Waals surface area contributed by atoms with Crippen molar-refractivity contribution in [1.82, 2.24) is 25.1 Å². The van der Waals surface area contributed by atoms with E-state index in [9.17, 15) is 19.2 Å². The third kappa shape index (κ3) is 9.63. The average Bonchev–Trinajstić information content (AvgIpc) is 3.51. The molecule has 4 rings (SSSR count).